The third kappa shape index (κ3) is 5.83. The lowest BCUT2D eigenvalue weighted by Crippen LogP contribution is -2.42. The molecule has 7 nitrogen and oxygen atoms in total. The van der Waals surface area contributed by atoms with E-state index in [0.29, 0.717) is 6.54 Å². The van der Waals surface area contributed by atoms with Gasteiger partial charge in [-0.25, -0.2) is 9.59 Å². The second-order valence-corrected chi connectivity index (χ2v) is 4.39. The molecule has 0 bridgehead atoms. The van der Waals surface area contributed by atoms with Gasteiger partial charge in [0.1, 0.15) is 0 Å². The molecule has 1 fully saturated rings. The quantitative estimate of drug-likeness (QED) is 0.449. The summed E-state index contributed by atoms with van der Waals surface area (Å²) in [5.74, 6) is -1.34. The number of rotatable bonds is 7. The zero-order valence-corrected chi connectivity index (χ0v) is 10.4. The molecule has 1 saturated heterocycles. The van der Waals surface area contributed by atoms with E-state index in [9.17, 15) is 9.59 Å². The Hall–Kier alpha value is -1.34. The number of carboxylic acid groups (broad SMARTS) is 1. The summed E-state index contributed by atoms with van der Waals surface area (Å²) in [6.07, 6.45) is 1.82. The Morgan fingerprint density at radius 3 is 2.50 bits per heavy atom. The van der Waals surface area contributed by atoms with Crippen molar-refractivity contribution in [2.24, 2.45) is 0 Å². The first-order valence-electron chi connectivity index (χ1n) is 6.24. The maximum Gasteiger partial charge on any atom is 0.334 e. The molecule has 1 rings (SSSR count). The SMILES string of the molecule is O=C(NCCCN1CCCC1)NCC(O)C(=O)O. The molecule has 0 radical (unpaired) electrons. The lowest BCUT2D eigenvalue weighted by molar-refractivity contribution is -0.146. The van der Waals surface area contributed by atoms with E-state index < -0.39 is 18.1 Å². The van der Waals surface area contributed by atoms with Gasteiger partial charge in [0.15, 0.2) is 6.10 Å². The predicted octanol–water partition coefficient (Wildman–Crippen LogP) is -0.783. The lowest BCUT2D eigenvalue weighted by Gasteiger charge is -2.14. The fourth-order valence-corrected chi connectivity index (χ4v) is 1.85. The monoisotopic (exact) mass is 259 g/mol. The van der Waals surface area contributed by atoms with Crippen LogP contribution in [-0.2, 0) is 4.79 Å². The number of nitrogens with zero attached hydrogens (tertiary/aromatic N) is 1. The Labute approximate surface area is 106 Å². The summed E-state index contributed by atoms with van der Waals surface area (Å²) in [6, 6.07) is -0.447. The molecular weight excluding hydrogens is 238 g/mol. The van der Waals surface area contributed by atoms with Crippen LogP contribution in [0.4, 0.5) is 4.79 Å². The van der Waals surface area contributed by atoms with E-state index in [1.54, 1.807) is 0 Å². The number of urea groups is 1. The van der Waals surface area contributed by atoms with E-state index >= 15 is 0 Å². The molecule has 7 heteroatoms. The Balaban J connectivity index is 1.97. The average Bonchev–Trinajstić information content (AvgIpc) is 2.84. The smallest absolute Gasteiger partial charge is 0.334 e. The van der Waals surface area contributed by atoms with E-state index in [1.165, 1.54) is 12.8 Å². The van der Waals surface area contributed by atoms with E-state index in [-0.39, 0.29) is 6.54 Å². The molecule has 1 unspecified atom stereocenters. The zero-order valence-electron chi connectivity index (χ0n) is 10.4. The van der Waals surface area contributed by atoms with Crippen molar-refractivity contribution in [3.8, 4) is 0 Å². The second kappa shape index (κ2) is 7.88. The van der Waals surface area contributed by atoms with Gasteiger partial charge >= 0.3 is 12.0 Å². The second-order valence-electron chi connectivity index (χ2n) is 4.39. The summed E-state index contributed by atoms with van der Waals surface area (Å²) >= 11 is 0. The van der Waals surface area contributed by atoms with Crippen LogP contribution in [0.5, 0.6) is 0 Å². The molecule has 0 aromatic carbocycles. The molecule has 4 N–H and O–H groups in total. The van der Waals surface area contributed by atoms with Crippen LogP contribution in [-0.4, -0.2) is 65.9 Å². The highest BCUT2D eigenvalue weighted by Gasteiger charge is 2.14. The van der Waals surface area contributed by atoms with Crippen molar-refractivity contribution in [3.05, 3.63) is 0 Å². The number of aliphatic hydroxyl groups is 1. The summed E-state index contributed by atoms with van der Waals surface area (Å²) in [6.45, 7) is 3.50. The Morgan fingerprint density at radius 2 is 1.89 bits per heavy atom. The number of nitrogens with one attached hydrogen (secondary N) is 2. The number of hydrogen-bond acceptors (Lipinski definition) is 4. The molecule has 1 heterocycles. The van der Waals surface area contributed by atoms with E-state index in [1.807, 2.05) is 0 Å². The topological polar surface area (TPSA) is 102 Å². The molecule has 0 spiro atoms. The van der Waals surface area contributed by atoms with Crippen LogP contribution in [0, 0.1) is 0 Å². The van der Waals surface area contributed by atoms with Crippen molar-refractivity contribution in [1.82, 2.24) is 15.5 Å². The molecule has 18 heavy (non-hydrogen) atoms. The van der Waals surface area contributed by atoms with Gasteiger partial charge < -0.3 is 25.7 Å². The van der Waals surface area contributed by atoms with Gasteiger partial charge in [-0.15, -0.1) is 0 Å². The highest BCUT2D eigenvalue weighted by molar-refractivity contribution is 5.76. The van der Waals surface area contributed by atoms with Gasteiger partial charge in [0, 0.05) is 6.54 Å². The van der Waals surface area contributed by atoms with Crippen molar-refractivity contribution < 1.29 is 19.8 Å². The number of aliphatic carboxylic acids is 1. The van der Waals surface area contributed by atoms with Gasteiger partial charge in [-0.05, 0) is 38.9 Å². The van der Waals surface area contributed by atoms with Gasteiger partial charge in [-0.1, -0.05) is 0 Å². The molecule has 2 amide bonds. The molecule has 104 valence electrons. The fourth-order valence-electron chi connectivity index (χ4n) is 1.85. The first kappa shape index (κ1) is 14.7. The standard InChI is InChI=1S/C11H21N3O4/c15-9(10(16)17)8-13-11(18)12-4-3-7-14-5-1-2-6-14/h9,15H,1-8H2,(H,16,17)(H2,12,13,18). The van der Waals surface area contributed by atoms with Crippen molar-refractivity contribution in [1.29, 1.82) is 0 Å². The molecule has 0 aromatic rings. The van der Waals surface area contributed by atoms with Crippen LogP contribution in [0.15, 0.2) is 0 Å². The summed E-state index contributed by atoms with van der Waals surface area (Å²) in [7, 11) is 0. The van der Waals surface area contributed by atoms with Crippen LogP contribution in [0.1, 0.15) is 19.3 Å². The van der Waals surface area contributed by atoms with E-state index in [4.69, 9.17) is 10.2 Å². The molecule has 0 aliphatic carbocycles. The van der Waals surface area contributed by atoms with Crippen molar-refractivity contribution in [2.75, 3.05) is 32.7 Å². The van der Waals surface area contributed by atoms with E-state index in [2.05, 4.69) is 15.5 Å². The first-order valence-corrected chi connectivity index (χ1v) is 6.24. The van der Waals surface area contributed by atoms with Gasteiger partial charge in [-0.2, -0.15) is 0 Å². The van der Waals surface area contributed by atoms with Crippen LogP contribution < -0.4 is 10.6 Å². The number of likely N-dealkylation sites (tertiary alicyclic amines) is 1. The third-order valence-electron chi connectivity index (χ3n) is 2.88. The molecule has 0 saturated carbocycles. The number of hydrogen-bond donors (Lipinski definition) is 4. The minimum absolute atomic E-state index is 0.284. The van der Waals surface area contributed by atoms with Crippen molar-refractivity contribution in [3.63, 3.8) is 0 Å². The molecule has 0 aromatic heterocycles. The van der Waals surface area contributed by atoms with E-state index in [0.717, 1.165) is 26.1 Å². The van der Waals surface area contributed by atoms with Crippen LogP contribution in [0.25, 0.3) is 0 Å². The Morgan fingerprint density at radius 1 is 1.22 bits per heavy atom. The number of amides is 2. The lowest BCUT2D eigenvalue weighted by atomic mass is 10.3. The Kier molecular flexibility index (Phi) is 6.45. The van der Waals surface area contributed by atoms with Crippen LogP contribution in [0.2, 0.25) is 0 Å². The summed E-state index contributed by atoms with van der Waals surface area (Å²) < 4.78 is 0. The number of aliphatic hydroxyl groups excluding tert-OH is 1. The van der Waals surface area contributed by atoms with Crippen LogP contribution >= 0.6 is 0 Å². The maximum absolute atomic E-state index is 11.2. The van der Waals surface area contributed by atoms with Crippen molar-refractivity contribution in [2.45, 2.75) is 25.4 Å². The average molecular weight is 259 g/mol. The number of carbonyl (C=O) groups is 2. The normalized spacial score (nSPS) is 17.4. The molecule has 1 aliphatic rings. The third-order valence-corrected chi connectivity index (χ3v) is 2.88. The first-order chi connectivity index (χ1) is 8.59. The van der Waals surface area contributed by atoms with Gasteiger partial charge in [0.2, 0.25) is 0 Å². The summed E-state index contributed by atoms with van der Waals surface area (Å²) in [5.41, 5.74) is 0. The zero-order chi connectivity index (χ0) is 13.4. The minimum atomic E-state index is -1.56. The van der Waals surface area contributed by atoms with Crippen LogP contribution in [0.3, 0.4) is 0 Å². The highest BCUT2D eigenvalue weighted by atomic mass is 16.4. The maximum atomic E-state index is 11.2. The predicted molar refractivity (Wildman–Crippen MR) is 65.3 cm³/mol. The Bertz CT molecular complexity index is 279. The largest absolute Gasteiger partial charge is 0.479 e. The summed E-state index contributed by atoms with van der Waals surface area (Å²) in [5, 5.41) is 22.3. The van der Waals surface area contributed by atoms with Gasteiger partial charge in [0.25, 0.3) is 0 Å². The molecule has 1 atom stereocenters. The van der Waals surface area contributed by atoms with Crippen molar-refractivity contribution >= 4 is 12.0 Å². The minimum Gasteiger partial charge on any atom is -0.479 e. The van der Waals surface area contributed by atoms with Gasteiger partial charge in [0.05, 0.1) is 6.54 Å². The molecule has 1 aliphatic heterocycles. The fraction of sp³-hybridized carbons (Fsp3) is 0.818. The summed E-state index contributed by atoms with van der Waals surface area (Å²) in [4.78, 5) is 23.9. The highest BCUT2D eigenvalue weighted by Crippen LogP contribution is 2.06. The number of carboxylic acids is 1. The van der Waals surface area contributed by atoms with Gasteiger partial charge in [-0.3, -0.25) is 0 Å². The molecular formula is C11H21N3O4. The number of carbonyl (C=O) groups excluding carboxylic acids is 1.